The van der Waals surface area contributed by atoms with Gasteiger partial charge in [-0.2, -0.15) is 0 Å². The van der Waals surface area contributed by atoms with Crippen LogP contribution in [0.5, 0.6) is 5.75 Å². The standard InChI is InChI=1S/C14H20ClNO2/c1-14(9-17,11-4-5-11)16-8-10-3-6-13(18-2)12(15)7-10/h3,6-7,11,16-17H,4-5,8-9H2,1-2H3. The molecule has 0 heterocycles. The highest BCUT2D eigenvalue weighted by atomic mass is 35.5. The zero-order valence-corrected chi connectivity index (χ0v) is 11.6. The van der Waals surface area contributed by atoms with E-state index in [2.05, 4.69) is 12.2 Å². The van der Waals surface area contributed by atoms with E-state index in [0.717, 1.165) is 5.56 Å². The molecule has 0 bridgehead atoms. The topological polar surface area (TPSA) is 41.5 Å². The van der Waals surface area contributed by atoms with E-state index in [-0.39, 0.29) is 12.1 Å². The molecule has 0 amide bonds. The maximum atomic E-state index is 9.50. The Labute approximate surface area is 113 Å². The second-order valence-corrected chi connectivity index (χ2v) is 5.58. The normalized spacial score (nSPS) is 18.4. The van der Waals surface area contributed by atoms with Gasteiger partial charge in [0.2, 0.25) is 0 Å². The van der Waals surface area contributed by atoms with Gasteiger partial charge in [0.15, 0.2) is 0 Å². The summed E-state index contributed by atoms with van der Waals surface area (Å²) in [6.07, 6.45) is 2.40. The van der Waals surface area contributed by atoms with E-state index in [9.17, 15) is 5.11 Å². The highest BCUT2D eigenvalue weighted by molar-refractivity contribution is 6.32. The van der Waals surface area contributed by atoms with Crippen molar-refractivity contribution in [1.82, 2.24) is 5.32 Å². The van der Waals surface area contributed by atoms with Gasteiger partial charge in [-0.3, -0.25) is 0 Å². The van der Waals surface area contributed by atoms with Crippen molar-refractivity contribution in [2.75, 3.05) is 13.7 Å². The first-order valence-electron chi connectivity index (χ1n) is 6.27. The molecular weight excluding hydrogens is 250 g/mol. The average Bonchev–Trinajstić information content (AvgIpc) is 3.21. The van der Waals surface area contributed by atoms with Gasteiger partial charge in [0.05, 0.1) is 18.7 Å². The van der Waals surface area contributed by atoms with Gasteiger partial charge in [0.1, 0.15) is 5.75 Å². The molecule has 1 aromatic rings. The molecule has 100 valence electrons. The molecule has 0 saturated heterocycles. The lowest BCUT2D eigenvalue weighted by Gasteiger charge is -2.29. The molecule has 1 aliphatic rings. The van der Waals surface area contributed by atoms with Gasteiger partial charge in [-0.05, 0) is 43.4 Å². The number of rotatable bonds is 6. The fourth-order valence-electron chi connectivity index (χ4n) is 2.17. The Morgan fingerprint density at radius 1 is 1.50 bits per heavy atom. The summed E-state index contributed by atoms with van der Waals surface area (Å²) < 4.78 is 5.12. The first-order valence-corrected chi connectivity index (χ1v) is 6.65. The number of methoxy groups -OCH3 is 1. The highest BCUT2D eigenvalue weighted by Crippen LogP contribution is 2.39. The maximum absolute atomic E-state index is 9.50. The van der Waals surface area contributed by atoms with Crippen LogP contribution in [0.25, 0.3) is 0 Å². The van der Waals surface area contributed by atoms with E-state index in [1.54, 1.807) is 7.11 Å². The van der Waals surface area contributed by atoms with E-state index >= 15 is 0 Å². The van der Waals surface area contributed by atoms with Crippen LogP contribution in [0.4, 0.5) is 0 Å². The zero-order chi connectivity index (χ0) is 13.2. The Hall–Kier alpha value is -0.770. The summed E-state index contributed by atoms with van der Waals surface area (Å²) in [4.78, 5) is 0. The van der Waals surface area contributed by atoms with Crippen LogP contribution in [0.2, 0.25) is 5.02 Å². The first kappa shape index (κ1) is 13.7. The summed E-state index contributed by atoms with van der Waals surface area (Å²) >= 11 is 6.09. The van der Waals surface area contributed by atoms with Crippen molar-refractivity contribution < 1.29 is 9.84 Å². The van der Waals surface area contributed by atoms with Gasteiger partial charge in [0, 0.05) is 12.1 Å². The Balaban J connectivity index is 1.99. The fraction of sp³-hybridized carbons (Fsp3) is 0.571. The van der Waals surface area contributed by atoms with Crippen LogP contribution in [0.15, 0.2) is 18.2 Å². The quantitative estimate of drug-likeness (QED) is 0.834. The first-order chi connectivity index (χ1) is 8.59. The Morgan fingerprint density at radius 2 is 2.22 bits per heavy atom. The summed E-state index contributed by atoms with van der Waals surface area (Å²) in [5, 5.41) is 13.6. The predicted octanol–water partition coefficient (Wildman–Crippen LogP) is 2.60. The average molecular weight is 270 g/mol. The van der Waals surface area contributed by atoms with Crippen LogP contribution in [0.1, 0.15) is 25.3 Å². The monoisotopic (exact) mass is 269 g/mol. The van der Waals surface area contributed by atoms with Crippen LogP contribution in [0.3, 0.4) is 0 Å². The van der Waals surface area contributed by atoms with Crippen molar-refractivity contribution >= 4 is 11.6 Å². The van der Waals surface area contributed by atoms with Crippen molar-refractivity contribution in [3.8, 4) is 5.75 Å². The van der Waals surface area contributed by atoms with E-state index in [4.69, 9.17) is 16.3 Å². The molecule has 1 saturated carbocycles. The van der Waals surface area contributed by atoms with Crippen molar-refractivity contribution in [2.45, 2.75) is 31.8 Å². The van der Waals surface area contributed by atoms with E-state index < -0.39 is 0 Å². The summed E-state index contributed by atoms with van der Waals surface area (Å²) in [7, 11) is 1.61. The SMILES string of the molecule is COc1ccc(CNC(C)(CO)C2CC2)cc1Cl. The predicted molar refractivity (Wildman–Crippen MR) is 73.1 cm³/mol. The molecule has 2 N–H and O–H groups in total. The minimum atomic E-state index is -0.174. The molecule has 0 aliphatic heterocycles. The van der Waals surface area contributed by atoms with Crippen LogP contribution in [-0.2, 0) is 6.54 Å². The second kappa shape index (κ2) is 5.47. The molecule has 0 aromatic heterocycles. The van der Waals surface area contributed by atoms with Crippen LogP contribution < -0.4 is 10.1 Å². The number of aliphatic hydroxyl groups is 1. The Morgan fingerprint density at radius 3 is 2.72 bits per heavy atom. The van der Waals surface area contributed by atoms with Crippen LogP contribution >= 0.6 is 11.6 Å². The van der Waals surface area contributed by atoms with Crippen LogP contribution in [-0.4, -0.2) is 24.4 Å². The third-order valence-electron chi connectivity index (χ3n) is 3.72. The van der Waals surface area contributed by atoms with Crippen molar-refractivity contribution in [1.29, 1.82) is 0 Å². The van der Waals surface area contributed by atoms with E-state index in [0.29, 0.717) is 23.2 Å². The molecule has 2 rings (SSSR count). The Bertz CT molecular complexity index is 420. The molecule has 0 radical (unpaired) electrons. The lowest BCUT2D eigenvalue weighted by atomic mass is 9.96. The fourth-order valence-corrected chi connectivity index (χ4v) is 2.45. The minimum absolute atomic E-state index is 0.168. The number of benzene rings is 1. The zero-order valence-electron chi connectivity index (χ0n) is 10.9. The molecule has 18 heavy (non-hydrogen) atoms. The largest absolute Gasteiger partial charge is 0.495 e. The summed E-state index contributed by atoms with van der Waals surface area (Å²) in [6, 6.07) is 5.76. The summed E-state index contributed by atoms with van der Waals surface area (Å²) in [6.45, 7) is 2.95. The van der Waals surface area contributed by atoms with Crippen LogP contribution in [0, 0.1) is 5.92 Å². The number of hydrogen-bond donors (Lipinski definition) is 2. The molecule has 0 spiro atoms. The van der Waals surface area contributed by atoms with Gasteiger partial charge < -0.3 is 15.2 Å². The van der Waals surface area contributed by atoms with E-state index in [1.807, 2.05) is 18.2 Å². The van der Waals surface area contributed by atoms with Gasteiger partial charge in [-0.15, -0.1) is 0 Å². The summed E-state index contributed by atoms with van der Waals surface area (Å²) in [5.41, 5.74) is 0.924. The molecule has 1 aliphatic carbocycles. The smallest absolute Gasteiger partial charge is 0.137 e. The third kappa shape index (κ3) is 2.97. The third-order valence-corrected chi connectivity index (χ3v) is 4.01. The van der Waals surface area contributed by atoms with E-state index in [1.165, 1.54) is 12.8 Å². The van der Waals surface area contributed by atoms with Gasteiger partial charge in [-0.1, -0.05) is 17.7 Å². The van der Waals surface area contributed by atoms with Crippen molar-refractivity contribution in [2.24, 2.45) is 5.92 Å². The second-order valence-electron chi connectivity index (χ2n) is 5.17. The Kier molecular flexibility index (Phi) is 4.15. The molecule has 4 heteroatoms. The molecule has 1 fully saturated rings. The number of aliphatic hydroxyl groups excluding tert-OH is 1. The highest BCUT2D eigenvalue weighted by Gasteiger charge is 2.40. The molecule has 3 nitrogen and oxygen atoms in total. The minimum Gasteiger partial charge on any atom is -0.495 e. The van der Waals surface area contributed by atoms with Crippen molar-refractivity contribution in [3.05, 3.63) is 28.8 Å². The number of ether oxygens (including phenoxy) is 1. The lowest BCUT2D eigenvalue weighted by molar-refractivity contribution is 0.153. The maximum Gasteiger partial charge on any atom is 0.137 e. The van der Waals surface area contributed by atoms with Gasteiger partial charge >= 0.3 is 0 Å². The number of halogens is 1. The summed E-state index contributed by atoms with van der Waals surface area (Å²) in [5.74, 6) is 1.28. The molecular formula is C14H20ClNO2. The van der Waals surface area contributed by atoms with Gasteiger partial charge in [-0.25, -0.2) is 0 Å². The number of hydrogen-bond acceptors (Lipinski definition) is 3. The molecule has 1 aromatic carbocycles. The number of nitrogens with one attached hydrogen (secondary N) is 1. The van der Waals surface area contributed by atoms with Gasteiger partial charge in [0.25, 0.3) is 0 Å². The lowest BCUT2D eigenvalue weighted by Crippen LogP contribution is -2.47. The van der Waals surface area contributed by atoms with Crippen molar-refractivity contribution in [3.63, 3.8) is 0 Å². The molecule has 1 atom stereocenters. The molecule has 1 unspecified atom stereocenters.